The number of H-pyrrole nitrogens is 1. The Bertz CT molecular complexity index is 796. The molecule has 0 radical (unpaired) electrons. The van der Waals surface area contributed by atoms with Gasteiger partial charge in [0.05, 0.1) is 11.9 Å². The molecule has 20 heavy (non-hydrogen) atoms. The van der Waals surface area contributed by atoms with Crippen LogP contribution in [0.4, 0.5) is 11.5 Å². The fourth-order valence-corrected chi connectivity index (χ4v) is 1.93. The van der Waals surface area contributed by atoms with Crippen molar-refractivity contribution < 1.29 is 9.90 Å². The summed E-state index contributed by atoms with van der Waals surface area (Å²) in [4.78, 5) is 26.3. The number of anilines is 2. The number of hydrogen-bond donors (Lipinski definition) is 3. The van der Waals surface area contributed by atoms with E-state index in [0.717, 1.165) is 0 Å². The number of aromatic amines is 1. The van der Waals surface area contributed by atoms with Crippen molar-refractivity contribution in [1.29, 1.82) is 0 Å². The third kappa shape index (κ3) is 2.05. The Labute approximate surface area is 113 Å². The van der Waals surface area contributed by atoms with Crippen LogP contribution < -0.4 is 5.32 Å². The zero-order valence-electron chi connectivity index (χ0n) is 10.6. The zero-order valence-corrected chi connectivity index (χ0v) is 10.6. The van der Waals surface area contributed by atoms with E-state index in [1.165, 1.54) is 12.7 Å². The van der Waals surface area contributed by atoms with E-state index < -0.39 is 5.97 Å². The van der Waals surface area contributed by atoms with Gasteiger partial charge in [-0.25, -0.2) is 19.7 Å². The molecular formula is C13H11N5O2. The summed E-state index contributed by atoms with van der Waals surface area (Å²) in [6.07, 6.45) is 2.93. The average molecular weight is 269 g/mol. The molecule has 0 saturated carbocycles. The predicted octanol–water partition coefficient (Wildman–Crippen LogP) is 2.10. The van der Waals surface area contributed by atoms with Gasteiger partial charge in [0.2, 0.25) is 0 Å². The summed E-state index contributed by atoms with van der Waals surface area (Å²) in [7, 11) is 0. The first-order valence-electron chi connectivity index (χ1n) is 5.90. The maximum atomic E-state index is 11.1. The number of carboxylic acid groups (broad SMARTS) is 1. The summed E-state index contributed by atoms with van der Waals surface area (Å²) in [5.41, 5.74) is 2.82. The quantitative estimate of drug-likeness (QED) is 0.672. The Hall–Kier alpha value is -2.96. The summed E-state index contributed by atoms with van der Waals surface area (Å²) in [5.74, 6) is -0.409. The van der Waals surface area contributed by atoms with Crippen molar-refractivity contribution >= 4 is 28.6 Å². The Morgan fingerprint density at radius 2 is 2.15 bits per heavy atom. The molecule has 2 aromatic heterocycles. The minimum Gasteiger partial charge on any atom is -0.478 e. The molecule has 0 fully saturated rings. The summed E-state index contributed by atoms with van der Waals surface area (Å²) in [6.45, 7) is 1.75. The van der Waals surface area contributed by atoms with Gasteiger partial charge in [-0.05, 0) is 24.6 Å². The lowest BCUT2D eigenvalue weighted by Gasteiger charge is -2.08. The molecule has 1 aromatic carbocycles. The van der Waals surface area contributed by atoms with E-state index >= 15 is 0 Å². The summed E-state index contributed by atoms with van der Waals surface area (Å²) in [5, 5.41) is 12.2. The monoisotopic (exact) mass is 269 g/mol. The van der Waals surface area contributed by atoms with E-state index in [0.29, 0.717) is 28.2 Å². The van der Waals surface area contributed by atoms with Crippen LogP contribution in [0.3, 0.4) is 0 Å². The van der Waals surface area contributed by atoms with Crippen molar-refractivity contribution in [2.45, 2.75) is 6.92 Å². The number of rotatable bonds is 3. The van der Waals surface area contributed by atoms with Gasteiger partial charge in [-0.2, -0.15) is 0 Å². The molecule has 3 N–H and O–H groups in total. The first kappa shape index (κ1) is 12.1. The number of nitrogens with zero attached hydrogens (tertiary/aromatic N) is 3. The number of carboxylic acids is 1. The lowest BCUT2D eigenvalue weighted by Crippen LogP contribution is -2.02. The van der Waals surface area contributed by atoms with Gasteiger partial charge in [0.25, 0.3) is 0 Å². The smallest absolute Gasteiger partial charge is 0.336 e. The summed E-state index contributed by atoms with van der Waals surface area (Å²) >= 11 is 0. The molecule has 0 bridgehead atoms. The normalized spacial score (nSPS) is 10.7. The van der Waals surface area contributed by atoms with Gasteiger partial charge in [-0.3, -0.25) is 0 Å². The molecule has 0 aliphatic rings. The number of fused-ring (bicyclic) bond motifs is 1. The van der Waals surface area contributed by atoms with Gasteiger partial charge < -0.3 is 15.4 Å². The molecule has 0 amide bonds. The average Bonchev–Trinajstić information content (AvgIpc) is 2.90. The van der Waals surface area contributed by atoms with Crippen molar-refractivity contribution in [2.75, 3.05) is 5.32 Å². The number of aryl methyl sites for hydroxylation is 1. The third-order valence-corrected chi connectivity index (χ3v) is 2.95. The second kappa shape index (κ2) is 4.61. The molecule has 0 atom stereocenters. The van der Waals surface area contributed by atoms with Crippen LogP contribution in [0.15, 0.2) is 30.9 Å². The molecule has 7 nitrogen and oxygen atoms in total. The largest absolute Gasteiger partial charge is 0.478 e. The van der Waals surface area contributed by atoms with E-state index in [4.69, 9.17) is 5.11 Å². The minimum absolute atomic E-state index is 0.255. The number of aromatic nitrogens is 4. The highest BCUT2D eigenvalue weighted by Gasteiger charge is 2.10. The number of imidazole rings is 1. The Balaban J connectivity index is 2.01. The van der Waals surface area contributed by atoms with Crippen LogP contribution in [0.25, 0.3) is 11.2 Å². The Kier molecular flexibility index (Phi) is 2.79. The highest BCUT2D eigenvalue weighted by atomic mass is 16.4. The van der Waals surface area contributed by atoms with Gasteiger partial charge >= 0.3 is 5.97 Å². The van der Waals surface area contributed by atoms with Gasteiger partial charge in [0, 0.05) is 5.69 Å². The van der Waals surface area contributed by atoms with Crippen LogP contribution in [0, 0.1) is 6.92 Å². The van der Waals surface area contributed by atoms with Crippen molar-refractivity contribution in [3.63, 3.8) is 0 Å². The fourth-order valence-electron chi connectivity index (χ4n) is 1.93. The first-order chi connectivity index (χ1) is 9.65. The topological polar surface area (TPSA) is 104 Å². The maximum Gasteiger partial charge on any atom is 0.336 e. The summed E-state index contributed by atoms with van der Waals surface area (Å²) in [6, 6.07) is 5.12. The van der Waals surface area contributed by atoms with Crippen molar-refractivity contribution in [1.82, 2.24) is 19.9 Å². The predicted molar refractivity (Wildman–Crippen MR) is 73.1 cm³/mol. The lowest BCUT2D eigenvalue weighted by molar-refractivity contribution is 0.0696. The van der Waals surface area contributed by atoms with Gasteiger partial charge in [-0.1, -0.05) is 6.07 Å². The first-order valence-corrected chi connectivity index (χ1v) is 5.90. The molecule has 0 aliphatic carbocycles. The number of aromatic carboxylic acids is 1. The number of hydrogen-bond acceptors (Lipinski definition) is 5. The number of benzene rings is 1. The van der Waals surface area contributed by atoms with Crippen LogP contribution in [0.1, 0.15) is 15.9 Å². The van der Waals surface area contributed by atoms with E-state index in [-0.39, 0.29) is 5.56 Å². The maximum absolute atomic E-state index is 11.1. The Morgan fingerprint density at radius 1 is 1.30 bits per heavy atom. The highest BCUT2D eigenvalue weighted by Crippen LogP contribution is 2.22. The molecule has 0 unspecified atom stereocenters. The van der Waals surface area contributed by atoms with Crippen LogP contribution >= 0.6 is 0 Å². The van der Waals surface area contributed by atoms with Crippen molar-refractivity contribution in [3.8, 4) is 0 Å². The van der Waals surface area contributed by atoms with E-state index in [1.807, 2.05) is 0 Å². The third-order valence-electron chi connectivity index (χ3n) is 2.95. The Morgan fingerprint density at radius 3 is 2.95 bits per heavy atom. The molecule has 3 rings (SSSR count). The second-order valence-electron chi connectivity index (χ2n) is 4.28. The van der Waals surface area contributed by atoms with Crippen LogP contribution in [-0.2, 0) is 0 Å². The van der Waals surface area contributed by atoms with Crippen LogP contribution in [0.5, 0.6) is 0 Å². The molecule has 100 valence electrons. The molecular weight excluding hydrogens is 258 g/mol. The highest BCUT2D eigenvalue weighted by molar-refractivity contribution is 5.91. The molecule has 3 aromatic rings. The van der Waals surface area contributed by atoms with Gasteiger partial charge in [0.15, 0.2) is 11.5 Å². The van der Waals surface area contributed by atoms with Gasteiger partial charge in [-0.15, -0.1) is 0 Å². The second-order valence-corrected chi connectivity index (χ2v) is 4.28. The van der Waals surface area contributed by atoms with E-state index in [1.54, 1.807) is 25.1 Å². The standard InChI is InChI=1S/C13H11N5O2/c1-7-2-3-8(4-9(7)13(19)20)18-12-10-11(15-5-14-10)16-6-17-12/h2-6H,1H3,(H,19,20)(H2,14,15,16,17,18). The van der Waals surface area contributed by atoms with E-state index in [9.17, 15) is 4.79 Å². The fraction of sp³-hybridized carbons (Fsp3) is 0.0769. The SMILES string of the molecule is Cc1ccc(Nc2ncnc3nc[nH]c23)cc1C(=O)O. The van der Waals surface area contributed by atoms with E-state index in [2.05, 4.69) is 25.3 Å². The molecule has 7 heteroatoms. The van der Waals surface area contributed by atoms with Gasteiger partial charge in [0.1, 0.15) is 11.8 Å². The molecule has 2 heterocycles. The van der Waals surface area contributed by atoms with Crippen LogP contribution in [0.2, 0.25) is 0 Å². The van der Waals surface area contributed by atoms with Crippen molar-refractivity contribution in [2.24, 2.45) is 0 Å². The minimum atomic E-state index is -0.958. The van der Waals surface area contributed by atoms with Crippen molar-refractivity contribution in [3.05, 3.63) is 42.0 Å². The number of nitrogens with one attached hydrogen (secondary N) is 2. The lowest BCUT2D eigenvalue weighted by atomic mass is 10.1. The summed E-state index contributed by atoms with van der Waals surface area (Å²) < 4.78 is 0. The molecule has 0 saturated heterocycles. The molecule has 0 spiro atoms. The zero-order chi connectivity index (χ0) is 14.1. The number of carbonyl (C=O) groups is 1. The van der Waals surface area contributed by atoms with Crippen LogP contribution in [-0.4, -0.2) is 31.0 Å². The molecule has 0 aliphatic heterocycles.